The monoisotopic (exact) mass is 318 g/mol. The molecule has 0 amide bonds. The van der Waals surface area contributed by atoms with E-state index in [-0.39, 0.29) is 0 Å². The van der Waals surface area contributed by atoms with Crippen molar-refractivity contribution < 1.29 is 4.39 Å². The van der Waals surface area contributed by atoms with Gasteiger partial charge in [0, 0.05) is 0 Å². The zero-order valence-electron chi connectivity index (χ0n) is 16.0. The minimum atomic E-state index is 0.500. The highest BCUT2D eigenvalue weighted by Gasteiger charge is 1.79. The summed E-state index contributed by atoms with van der Waals surface area (Å²) < 4.78 is 9.50. The number of benzene rings is 1. The Balaban J connectivity index is -0.000000119. The maximum absolute atomic E-state index is 9.50. The predicted molar refractivity (Wildman–Crippen MR) is 109 cm³/mol. The molecule has 1 aromatic carbocycles. The number of aryl methyl sites for hydroxylation is 2. The van der Waals surface area contributed by atoms with Crippen molar-refractivity contribution in [1.29, 1.82) is 0 Å². The molecule has 23 heavy (non-hydrogen) atoms. The summed E-state index contributed by atoms with van der Waals surface area (Å²) in [5, 5.41) is 0. The number of rotatable bonds is 2. The molecule has 130 valence electrons. The van der Waals surface area contributed by atoms with Crippen molar-refractivity contribution in [3.63, 3.8) is 0 Å². The molecule has 0 aliphatic rings. The molecular weight excluding hydrogens is 283 g/mol. The van der Waals surface area contributed by atoms with Crippen LogP contribution in [0.5, 0.6) is 0 Å². The van der Waals surface area contributed by atoms with E-state index in [1.54, 1.807) is 0 Å². The van der Waals surface area contributed by atoms with Gasteiger partial charge in [0.1, 0.15) is 0 Å². The van der Waals surface area contributed by atoms with E-state index in [1.807, 2.05) is 13.0 Å². The van der Waals surface area contributed by atoms with Gasteiger partial charge in [0.25, 0.3) is 0 Å². The van der Waals surface area contributed by atoms with Gasteiger partial charge in [-0.2, -0.15) is 0 Å². The molecule has 0 atom stereocenters. The quantitative estimate of drug-likeness (QED) is 0.389. The number of hydrogen-bond acceptors (Lipinski definition) is 0. The van der Waals surface area contributed by atoms with Crippen LogP contribution in [-0.2, 0) is 0 Å². The van der Waals surface area contributed by atoms with Gasteiger partial charge in [0.2, 0.25) is 0 Å². The average molecular weight is 319 g/mol. The molecule has 0 unspecified atom stereocenters. The standard InChI is InChI=1S/C9H14.C8H10.2C2H4.CH3F/c1-5-9(4)7-6-8(2)3;1-7-3-5-8(2)6-4-7;3*1-2/h5-7H,1H2,2-4H3;3-6H,1-2H3;2*1-2H2;1H3/b9-7-;;;;. The topological polar surface area (TPSA) is 0 Å². The van der Waals surface area contributed by atoms with Gasteiger partial charge < -0.3 is 0 Å². The fraction of sp³-hybridized carbons (Fsp3) is 0.273. The van der Waals surface area contributed by atoms with Crippen LogP contribution in [0.25, 0.3) is 0 Å². The Kier molecular flexibility index (Phi) is 31.3. The van der Waals surface area contributed by atoms with E-state index in [0.717, 1.165) is 0 Å². The zero-order chi connectivity index (χ0) is 19.3. The summed E-state index contributed by atoms with van der Waals surface area (Å²) in [5.41, 5.74) is 5.18. The molecule has 0 heterocycles. The first kappa shape index (κ1) is 28.9. The lowest BCUT2D eigenvalue weighted by molar-refractivity contribution is 0.636. The second kappa shape index (κ2) is 24.8. The van der Waals surface area contributed by atoms with Gasteiger partial charge in [0.15, 0.2) is 0 Å². The van der Waals surface area contributed by atoms with Crippen LogP contribution in [-0.4, -0.2) is 7.18 Å². The Bertz CT molecular complexity index is 395. The number of halogens is 1. The van der Waals surface area contributed by atoms with Crippen LogP contribution >= 0.6 is 0 Å². The van der Waals surface area contributed by atoms with E-state index < -0.39 is 0 Å². The highest BCUT2D eigenvalue weighted by Crippen LogP contribution is 1.99. The van der Waals surface area contributed by atoms with Crippen molar-refractivity contribution in [3.8, 4) is 0 Å². The molecule has 0 aliphatic carbocycles. The van der Waals surface area contributed by atoms with Gasteiger partial charge >= 0.3 is 0 Å². The summed E-state index contributed by atoms with van der Waals surface area (Å²) >= 11 is 0. The highest BCUT2D eigenvalue weighted by atomic mass is 19.1. The SMILES string of the molecule is C=C.C=C.C=C/C(C)=C\C=C(C)C.CF.Cc1ccc(C)cc1. The summed E-state index contributed by atoms with van der Waals surface area (Å²) in [6, 6.07) is 8.48. The normalized spacial score (nSPS) is 8.04. The summed E-state index contributed by atoms with van der Waals surface area (Å²) in [7, 11) is 0.500. The second-order valence-electron chi connectivity index (χ2n) is 4.51. The van der Waals surface area contributed by atoms with Crippen molar-refractivity contribution in [2.75, 3.05) is 7.18 Å². The summed E-state index contributed by atoms with van der Waals surface area (Å²) in [6.45, 7) is 26.0. The zero-order valence-corrected chi connectivity index (χ0v) is 16.0. The lowest BCUT2D eigenvalue weighted by atomic mass is 10.2. The molecule has 0 spiro atoms. The van der Waals surface area contributed by atoms with Gasteiger partial charge in [0.05, 0.1) is 7.18 Å². The first-order valence-corrected chi connectivity index (χ1v) is 7.31. The van der Waals surface area contributed by atoms with Gasteiger partial charge in [-0.05, 0) is 34.6 Å². The van der Waals surface area contributed by atoms with Gasteiger partial charge in [-0.25, -0.2) is 0 Å². The molecule has 1 aromatic rings. The van der Waals surface area contributed by atoms with E-state index in [0.29, 0.717) is 7.18 Å². The lowest BCUT2D eigenvalue weighted by Gasteiger charge is -1.90. The molecule has 0 saturated carbocycles. The van der Waals surface area contributed by atoms with Crippen molar-refractivity contribution in [3.05, 3.63) is 97.7 Å². The molecule has 0 N–H and O–H groups in total. The van der Waals surface area contributed by atoms with Gasteiger partial charge in [-0.15, -0.1) is 26.3 Å². The summed E-state index contributed by atoms with van der Waals surface area (Å²) in [4.78, 5) is 0. The van der Waals surface area contributed by atoms with Crippen LogP contribution in [0.1, 0.15) is 31.9 Å². The third-order valence-corrected chi connectivity index (χ3v) is 2.22. The molecule has 0 saturated heterocycles. The van der Waals surface area contributed by atoms with Gasteiger partial charge in [-0.3, -0.25) is 4.39 Å². The third kappa shape index (κ3) is 28.7. The van der Waals surface area contributed by atoms with E-state index in [2.05, 4.69) is 97.0 Å². The maximum Gasteiger partial charge on any atom is 0.0785 e. The number of alkyl halides is 1. The molecule has 0 aromatic heterocycles. The molecule has 0 bridgehead atoms. The molecule has 0 radical (unpaired) electrons. The average Bonchev–Trinajstić information content (AvgIpc) is 2.61. The minimum Gasteiger partial charge on any atom is -0.255 e. The van der Waals surface area contributed by atoms with Crippen LogP contribution in [0, 0.1) is 13.8 Å². The van der Waals surface area contributed by atoms with Crippen LogP contribution < -0.4 is 0 Å². The van der Waals surface area contributed by atoms with E-state index in [9.17, 15) is 4.39 Å². The molecule has 0 fully saturated rings. The van der Waals surface area contributed by atoms with Crippen LogP contribution in [0.15, 0.2) is 86.5 Å². The maximum atomic E-state index is 9.50. The Labute approximate surface area is 144 Å². The number of hydrogen-bond donors (Lipinski definition) is 0. The van der Waals surface area contributed by atoms with Crippen LogP contribution in [0.4, 0.5) is 4.39 Å². The van der Waals surface area contributed by atoms with Crippen molar-refractivity contribution in [2.24, 2.45) is 0 Å². The molecular formula is C22H35F. The smallest absolute Gasteiger partial charge is 0.0785 e. The first-order chi connectivity index (χ1) is 11.0. The molecule has 0 nitrogen and oxygen atoms in total. The lowest BCUT2D eigenvalue weighted by Crippen LogP contribution is -1.70. The van der Waals surface area contributed by atoms with Crippen LogP contribution in [0.3, 0.4) is 0 Å². The van der Waals surface area contributed by atoms with E-state index >= 15 is 0 Å². The van der Waals surface area contributed by atoms with E-state index in [1.165, 1.54) is 22.3 Å². The Morgan fingerprint density at radius 2 is 1.09 bits per heavy atom. The summed E-state index contributed by atoms with van der Waals surface area (Å²) in [5.74, 6) is 0. The molecule has 1 heteroatoms. The van der Waals surface area contributed by atoms with Crippen molar-refractivity contribution in [2.45, 2.75) is 34.6 Å². The van der Waals surface area contributed by atoms with Crippen molar-refractivity contribution >= 4 is 0 Å². The van der Waals surface area contributed by atoms with Crippen molar-refractivity contribution in [1.82, 2.24) is 0 Å². The molecule has 0 aliphatic heterocycles. The highest BCUT2D eigenvalue weighted by molar-refractivity contribution is 5.21. The molecule has 1 rings (SSSR count). The Morgan fingerprint density at radius 1 is 0.783 bits per heavy atom. The fourth-order valence-corrected chi connectivity index (χ4v) is 1.00. The Hall–Kier alpha value is -2.15. The first-order valence-electron chi connectivity index (χ1n) is 7.31. The summed E-state index contributed by atoms with van der Waals surface area (Å²) in [6.07, 6.45) is 5.98. The van der Waals surface area contributed by atoms with Crippen LogP contribution in [0.2, 0.25) is 0 Å². The largest absolute Gasteiger partial charge is 0.255 e. The predicted octanol–water partition coefficient (Wildman–Crippen LogP) is 7.58. The Morgan fingerprint density at radius 3 is 1.30 bits per heavy atom. The van der Waals surface area contributed by atoms with E-state index in [4.69, 9.17) is 0 Å². The van der Waals surface area contributed by atoms with Gasteiger partial charge in [-0.1, -0.05) is 71.3 Å². The fourth-order valence-electron chi connectivity index (χ4n) is 1.00. The number of allylic oxidation sites excluding steroid dienone is 5. The second-order valence-corrected chi connectivity index (χ2v) is 4.51. The minimum absolute atomic E-state index is 0.500. The third-order valence-electron chi connectivity index (χ3n) is 2.22.